The van der Waals surface area contributed by atoms with Gasteiger partial charge in [0, 0.05) is 31.1 Å². The molecule has 1 aromatic rings. The highest BCUT2D eigenvalue weighted by molar-refractivity contribution is 5.98. The summed E-state index contributed by atoms with van der Waals surface area (Å²) in [6.07, 6.45) is 2.55. The van der Waals surface area contributed by atoms with E-state index in [1.807, 2.05) is 31.2 Å². The van der Waals surface area contributed by atoms with E-state index in [0.717, 1.165) is 31.4 Å². The zero-order valence-corrected chi connectivity index (χ0v) is 11.4. The van der Waals surface area contributed by atoms with Crippen molar-refractivity contribution in [3.05, 3.63) is 35.4 Å². The molecule has 2 fully saturated rings. The van der Waals surface area contributed by atoms with Gasteiger partial charge in [-0.25, -0.2) is 0 Å². The largest absolute Gasteiger partial charge is 0.378 e. The highest BCUT2D eigenvalue weighted by Crippen LogP contribution is 2.37. The van der Waals surface area contributed by atoms with E-state index >= 15 is 0 Å². The van der Waals surface area contributed by atoms with E-state index in [-0.39, 0.29) is 17.3 Å². The number of benzene rings is 1. The first-order valence-corrected chi connectivity index (χ1v) is 7.01. The molecule has 0 bridgehead atoms. The highest BCUT2D eigenvalue weighted by Gasteiger charge is 2.42. The van der Waals surface area contributed by atoms with E-state index in [1.54, 1.807) is 0 Å². The summed E-state index contributed by atoms with van der Waals surface area (Å²) in [6.45, 7) is 4.11. The molecule has 19 heavy (non-hydrogen) atoms. The molecule has 0 radical (unpaired) electrons. The Morgan fingerprint density at radius 3 is 2.74 bits per heavy atom. The van der Waals surface area contributed by atoms with Crippen LogP contribution in [-0.2, 0) is 9.47 Å². The summed E-state index contributed by atoms with van der Waals surface area (Å²) >= 11 is 0. The SMILES string of the molecule is Cc1ccc(C(=O)C2CCOC3(CCOC3)C2)cc1. The van der Waals surface area contributed by atoms with Gasteiger partial charge in [-0.2, -0.15) is 0 Å². The van der Waals surface area contributed by atoms with Crippen molar-refractivity contribution in [1.29, 1.82) is 0 Å². The van der Waals surface area contributed by atoms with Crippen LogP contribution in [0.25, 0.3) is 0 Å². The van der Waals surface area contributed by atoms with Crippen molar-refractivity contribution in [3.8, 4) is 0 Å². The van der Waals surface area contributed by atoms with Gasteiger partial charge in [0.15, 0.2) is 5.78 Å². The van der Waals surface area contributed by atoms with Crippen LogP contribution in [-0.4, -0.2) is 31.2 Å². The van der Waals surface area contributed by atoms with Gasteiger partial charge in [-0.15, -0.1) is 0 Å². The molecule has 2 aliphatic rings. The van der Waals surface area contributed by atoms with Crippen LogP contribution in [0.5, 0.6) is 0 Å². The van der Waals surface area contributed by atoms with E-state index in [1.165, 1.54) is 5.56 Å². The molecule has 0 amide bonds. The third-order valence-corrected chi connectivity index (χ3v) is 4.27. The molecule has 2 saturated heterocycles. The molecular formula is C16H20O3. The second-order valence-corrected chi connectivity index (χ2v) is 5.75. The zero-order valence-electron chi connectivity index (χ0n) is 11.4. The quantitative estimate of drug-likeness (QED) is 0.767. The first-order valence-electron chi connectivity index (χ1n) is 7.01. The van der Waals surface area contributed by atoms with E-state index in [0.29, 0.717) is 13.2 Å². The first-order chi connectivity index (χ1) is 9.19. The predicted molar refractivity (Wildman–Crippen MR) is 72.4 cm³/mol. The van der Waals surface area contributed by atoms with Gasteiger partial charge in [-0.3, -0.25) is 4.79 Å². The first kappa shape index (κ1) is 12.8. The van der Waals surface area contributed by atoms with Crippen molar-refractivity contribution in [3.63, 3.8) is 0 Å². The number of ketones is 1. The number of ether oxygens (including phenoxy) is 2. The Bertz CT molecular complexity index is 457. The number of carbonyl (C=O) groups excluding carboxylic acids is 1. The van der Waals surface area contributed by atoms with Crippen LogP contribution < -0.4 is 0 Å². The molecule has 0 aliphatic carbocycles. The van der Waals surface area contributed by atoms with Crippen LogP contribution in [0.1, 0.15) is 35.2 Å². The Morgan fingerprint density at radius 2 is 2.05 bits per heavy atom. The fourth-order valence-electron chi connectivity index (χ4n) is 3.07. The Morgan fingerprint density at radius 1 is 1.26 bits per heavy atom. The minimum absolute atomic E-state index is 0.0816. The molecule has 0 aromatic heterocycles. The minimum Gasteiger partial charge on any atom is -0.378 e. The standard InChI is InChI=1S/C16H20O3/c1-12-2-4-13(5-3-12)15(17)14-6-8-19-16(10-14)7-9-18-11-16/h2-5,14H,6-11H2,1H3. The van der Waals surface area contributed by atoms with Crippen molar-refractivity contribution in [1.82, 2.24) is 0 Å². The normalized spacial score (nSPS) is 30.7. The molecule has 2 heterocycles. The second kappa shape index (κ2) is 5.06. The third-order valence-electron chi connectivity index (χ3n) is 4.27. The third kappa shape index (κ3) is 2.58. The van der Waals surface area contributed by atoms with Crippen LogP contribution in [0.15, 0.2) is 24.3 Å². The topological polar surface area (TPSA) is 35.5 Å². The number of Topliss-reactive ketones (excluding diaryl/α,β-unsaturated/α-hetero) is 1. The molecule has 1 spiro atoms. The maximum atomic E-state index is 12.6. The van der Waals surface area contributed by atoms with Gasteiger partial charge in [0.05, 0.1) is 12.2 Å². The van der Waals surface area contributed by atoms with Crippen molar-refractivity contribution >= 4 is 5.78 Å². The average Bonchev–Trinajstić information content (AvgIpc) is 2.87. The summed E-state index contributed by atoms with van der Waals surface area (Å²) in [6, 6.07) is 7.87. The van der Waals surface area contributed by atoms with Gasteiger partial charge in [0.1, 0.15) is 0 Å². The molecule has 3 rings (SSSR count). The average molecular weight is 260 g/mol. The maximum absolute atomic E-state index is 12.6. The maximum Gasteiger partial charge on any atom is 0.166 e. The Hall–Kier alpha value is -1.19. The van der Waals surface area contributed by atoms with Crippen molar-refractivity contribution in [2.75, 3.05) is 19.8 Å². The Balaban J connectivity index is 1.74. The smallest absolute Gasteiger partial charge is 0.166 e. The molecule has 2 aliphatic heterocycles. The second-order valence-electron chi connectivity index (χ2n) is 5.75. The van der Waals surface area contributed by atoms with Gasteiger partial charge in [0.2, 0.25) is 0 Å². The molecule has 3 nitrogen and oxygen atoms in total. The van der Waals surface area contributed by atoms with Crippen molar-refractivity contribution in [2.45, 2.75) is 31.8 Å². The highest BCUT2D eigenvalue weighted by atomic mass is 16.6. The molecule has 0 N–H and O–H groups in total. The summed E-state index contributed by atoms with van der Waals surface area (Å²) in [5, 5.41) is 0. The van der Waals surface area contributed by atoms with Crippen LogP contribution in [0.2, 0.25) is 0 Å². The zero-order chi connectivity index (χ0) is 13.3. The number of hydrogen-bond acceptors (Lipinski definition) is 3. The fraction of sp³-hybridized carbons (Fsp3) is 0.562. The Labute approximate surface area is 113 Å². The molecule has 3 heteroatoms. The Kier molecular flexibility index (Phi) is 3.42. The van der Waals surface area contributed by atoms with Gasteiger partial charge in [-0.1, -0.05) is 29.8 Å². The number of carbonyl (C=O) groups is 1. The van der Waals surface area contributed by atoms with E-state index in [2.05, 4.69) is 0 Å². The van der Waals surface area contributed by atoms with Gasteiger partial charge >= 0.3 is 0 Å². The van der Waals surface area contributed by atoms with Gasteiger partial charge < -0.3 is 9.47 Å². The van der Waals surface area contributed by atoms with Crippen LogP contribution in [0.4, 0.5) is 0 Å². The molecule has 1 aromatic carbocycles. The molecule has 102 valence electrons. The predicted octanol–water partition coefficient (Wildman–Crippen LogP) is 2.76. The van der Waals surface area contributed by atoms with Crippen LogP contribution in [0, 0.1) is 12.8 Å². The van der Waals surface area contributed by atoms with Gasteiger partial charge in [0.25, 0.3) is 0 Å². The monoisotopic (exact) mass is 260 g/mol. The lowest BCUT2D eigenvalue weighted by atomic mass is 9.81. The van der Waals surface area contributed by atoms with Crippen LogP contribution in [0.3, 0.4) is 0 Å². The molecule has 2 atom stereocenters. The van der Waals surface area contributed by atoms with E-state index in [4.69, 9.17) is 9.47 Å². The minimum atomic E-state index is -0.191. The molecule has 2 unspecified atom stereocenters. The number of rotatable bonds is 2. The van der Waals surface area contributed by atoms with E-state index < -0.39 is 0 Å². The van der Waals surface area contributed by atoms with Crippen molar-refractivity contribution < 1.29 is 14.3 Å². The lowest BCUT2D eigenvalue weighted by molar-refractivity contribution is -0.0920. The van der Waals surface area contributed by atoms with Crippen molar-refractivity contribution in [2.24, 2.45) is 5.92 Å². The molecule has 0 saturated carbocycles. The summed E-state index contributed by atoms with van der Waals surface area (Å²) in [4.78, 5) is 12.6. The lowest BCUT2D eigenvalue weighted by Gasteiger charge is -2.36. The molecular weight excluding hydrogens is 240 g/mol. The summed E-state index contributed by atoms with van der Waals surface area (Å²) < 4.78 is 11.3. The number of aryl methyl sites for hydroxylation is 1. The summed E-state index contributed by atoms with van der Waals surface area (Å²) in [5.41, 5.74) is 1.82. The fourth-order valence-corrected chi connectivity index (χ4v) is 3.07. The summed E-state index contributed by atoms with van der Waals surface area (Å²) in [7, 11) is 0. The van der Waals surface area contributed by atoms with Crippen LogP contribution >= 0.6 is 0 Å². The lowest BCUT2D eigenvalue weighted by Crippen LogP contribution is -2.42. The summed E-state index contributed by atoms with van der Waals surface area (Å²) in [5.74, 6) is 0.340. The van der Waals surface area contributed by atoms with Gasteiger partial charge in [-0.05, 0) is 19.8 Å². The van der Waals surface area contributed by atoms with E-state index in [9.17, 15) is 4.79 Å². The number of hydrogen-bond donors (Lipinski definition) is 0.